The Bertz CT molecular complexity index is 921. The van der Waals surface area contributed by atoms with Gasteiger partial charge in [0.2, 0.25) is 0 Å². The molecule has 0 nitrogen and oxygen atoms in total. The van der Waals surface area contributed by atoms with Crippen LogP contribution in [0.3, 0.4) is 0 Å². The number of fused-ring (bicyclic) bond motifs is 1. The third kappa shape index (κ3) is 3.85. The van der Waals surface area contributed by atoms with Crippen LogP contribution in [0.25, 0.3) is 21.9 Å². The van der Waals surface area contributed by atoms with Crippen LogP contribution >= 0.6 is 0 Å². The monoisotopic (exact) mass is 350 g/mol. The summed E-state index contributed by atoms with van der Waals surface area (Å²) in [6.45, 7) is 4.10. The Labute approximate surface area is 154 Å². The molecule has 0 N–H and O–H groups in total. The van der Waals surface area contributed by atoms with Gasteiger partial charge < -0.3 is 0 Å². The molecule has 0 aliphatic rings. The van der Waals surface area contributed by atoms with Crippen molar-refractivity contribution in [2.75, 3.05) is 0 Å². The van der Waals surface area contributed by atoms with Crippen molar-refractivity contribution in [3.63, 3.8) is 0 Å². The van der Waals surface area contributed by atoms with Gasteiger partial charge in [0.1, 0.15) is 0 Å². The highest BCUT2D eigenvalue weighted by molar-refractivity contribution is 5.89. The normalized spacial score (nSPS) is 11.5. The van der Waals surface area contributed by atoms with Crippen molar-refractivity contribution in [1.82, 2.24) is 0 Å². The van der Waals surface area contributed by atoms with E-state index in [0.717, 1.165) is 36.6 Å². The Morgan fingerprint density at radius 2 is 1.58 bits per heavy atom. The summed E-state index contributed by atoms with van der Waals surface area (Å²) in [5.41, 5.74) is 3.26. The van der Waals surface area contributed by atoms with Gasteiger partial charge in [0, 0.05) is 10.9 Å². The first-order chi connectivity index (χ1) is 12.6. The van der Waals surface area contributed by atoms with Gasteiger partial charge >= 0.3 is 0 Å². The van der Waals surface area contributed by atoms with Gasteiger partial charge in [-0.15, -0.1) is 0 Å². The number of halogens is 2. The Morgan fingerprint density at radius 3 is 2.27 bits per heavy atom. The lowest BCUT2D eigenvalue weighted by Gasteiger charge is -2.10. The van der Waals surface area contributed by atoms with Crippen LogP contribution in [0.15, 0.2) is 60.7 Å². The molecule has 0 saturated carbocycles. The second kappa shape index (κ2) is 8.27. The molecule has 3 aromatic carbocycles. The molecule has 0 atom stereocenters. The molecule has 0 bridgehead atoms. The topological polar surface area (TPSA) is 0 Å². The standard InChI is InChI=1S/C24H24F2/c1-3-5-6-8-18-11-14-20-16-22(24(26)23(25)21(20)15-18)19-12-9-17(7-4-2)10-13-19/h3,5,9-16H,4,6-8H2,1-2H3/b5-3+. The first-order valence-electron chi connectivity index (χ1n) is 9.25. The zero-order chi connectivity index (χ0) is 18.5. The molecular weight excluding hydrogens is 326 g/mol. The zero-order valence-corrected chi connectivity index (χ0v) is 15.4. The zero-order valence-electron chi connectivity index (χ0n) is 15.4. The molecule has 0 aliphatic carbocycles. The number of rotatable bonds is 6. The molecule has 0 radical (unpaired) electrons. The molecule has 0 unspecified atom stereocenters. The van der Waals surface area contributed by atoms with Crippen molar-refractivity contribution in [3.05, 3.63) is 83.4 Å². The molecule has 2 heteroatoms. The van der Waals surface area contributed by atoms with Gasteiger partial charge in [-0.25, -0.2) is 8.78 Å². The maximum Gasteiger partial charge on any atom is 0.167 e. The van der Waals surface area contributed by atoms with E-state index in [1.807, 2.05) is 49.4 Å². The summed E-state index contributed by atoms with van der Waals surface area (Å²) < 4.78 is 29.4. The van der Waals surface area contributed by atoms with Crippen LogP contribution in [0, 0.1) is 11.6 Å². The predicted molar refractivity (Wildman–Crippen MR) is 106 cm³/mol. The minimum Gasteiger partial charge on any atom is -0.203 e. The molecule has 0 spiro atoms. The summed E-state index contributed by atoms with van der Waals surface area (Å²) in [6.07, 6.45) is 7.85. The fourth-order valence-electron chi connectivity index (χ4n) is 3.30. The quantitative estimate of drug-likeness (QED) is 0.411. The lowest BCUT2D eigenvalue weighted by atomic mass is 9.96. The second-order valence-electron chi connectivity index (χ2n) is 6.66. The minimum atomic E-state index is -0.772. The summed E-state index contributed by atoms with van der Waals surface area (Å²) in [5.74, 6) is -1.53. The molecule has 0 saturated heterocycles. The van der Waals surface area contributed by atoms with Gasteiger partial charge in [-0.05, 0) is 60.4 Å². The third-order valence-electron chi connectivity index (χ3n) is 4.72. The molecule has 0 aromatic heterocycles. The van der Waals surface area contributed by atoms with Gasteiger partial charge in [-0.1, -0.05) is 61.9 Å². The molecule has 0 aliphatic heterocycles. The number of benzene rings is 3. The van der Waals surface area contributed by atoms with E-state index in [0.29, 0.717) is 16.5 Å². The highest BCUT2D eigenvalue weighted by atomic mass is 19.2. The minimum absolute atomic E-state index is 0.319. The molecular formula is C24H24F2. The summed E-state index contributed by atoms with van der Waals surface area (Å²) in [4.78, 5) is 0. The van der Waals surface area contributed by atoms with Crippen LogP contribution in [0.2, 0.25) is 0 Å². The molecule has 0 fully saturated rings. The van der Waals surface area contributed by atoms with E-state index in [-0.39, 0.29) is 0 Å². The summed E-state index contributed by atoms with van der Waals surface area (Å²) >= 11 is 0. The first kappa shape index (κ1) is 18.3. The lowest BCUT2D eigenvalue weighted by Crippen LogP contribution is -1.94. The molecule has 26 heavy (non-hydrogen) atoms. The number of hydrogen-bond donors (Lipinski definition) is 0. The van der Waals surface area contributed by atoms with Gasteiger partial charge in [0.25, 0.3) is 0 Å². The van der Waals surface area contributed by atoms with Crippen molar-refractivity contribution < 1.29 is 8.78 Å². The average molecular weight is 350 g/mol. The Morgan fingerprint density at radius 1 is 0.846 bits per heavy atom. The predicted octanol–water partition coefficient (Wildman–Crippen LogP) is 7.25. The molecule has 3 rings (SSSR count). The maximum atomic E-state index is 14.7. The molecule has 3 aromatic rings. The molecule has 0 amide bonds. The molecule has 0 heterocycles. The van der Waals surface area contributed by atoms with E-state index in [1.165, 1.54) is 5.56 Å². The van der Waals surface area contributed by atoms with E-state index >= 15 is 0 Å². The van der Waals surface area contributed by atoms with Gasteiger partial charge in [-0.2, -0.15) is 0 Å². The van der Waals surface area contributed by atoms with E-state index < -0.39 is 11.6 Å². The Kier molecular flexibility index (Phi) is 5.82. The Balaban J connectivity index is 2.00. The first-order valence-corrected chi connectivity index (χ1v) is 9.25. The van der Waals surface area contributed by atoms with Crippen LogP contribution in [0.1, 0.15) is 37.8 Å². The largest absolute Gasteiger partial charge is 0.203 e. The van der Waals surface area contributed by atoms with E-state index in [4.69, 9.17) is 0 Å². The highest BCUT2D eigenvalue weighted by Crippen LogP contribution is 2.31. The number of aryl methyl sites for hydroxylation is 2. The second-order valence-corrected chi connectivity index (χ2v) is 6.66. The van der Waals surface area contributed by atoms with Gasteiger partial charge in [0.15, 0.2) is 11.6 Å². The van der Waals surface area contributed by atoms with E-state index in [9.17, 15) is 8.78 Å². The average Bonchev–Trinajstić information content (AvgIpc) is 2.66. The maximum absolute atomic E-state index is 14.7. The third-order valence-corrected chi connectivity index (χ3v) is 4.72. The summed E-state index contributed by atoms with van der Waals surface area (Å²) in [5, 5.41) is 1.08. The van der Waals surface area contributed by atoms with Crippen molar-refractivity contribution in [3.8, 4) is 11.1 Å². The van der Waals surface area contributed by atoms with Gasteiger partial charge in [-0.3, -0.25) is 0 Å². The summed E-state index contributed by atoms with van der Waals surface area (Å²) in [7, 11) is 0. The smallest absolute Gasteiger partial charge is 0.167 e. The summed E-state index contributed by atoms with van der Waals surface area (Å²) in [6, 6.07) is 15.1. The fourth-order valence-corrected chi connectivity index (χ4v) is 3.30. The van der Waals surface area contributed by atoms with Crippen molar-refractivity contribution in [2.24, 2.45) is 0 Å². The SMILES string of the molecule is C/C=C/CCc1ccc2cc(-c3ccc(CCC)cc3)c(F)c(F)c2c1. The van der Waals surface area contributed by atoms with E-state index in [1.54, 1.807) is 12.1 Å². The van der Waals surface area contributed by atoms with Crippen LogP contribution < -0.4 is 0 Å². The number of hydrogen-bond acceptors (Lipinski definition) is 0. The fraction of sp³-hybridized carbons (Fsp3) is 0.250. The Hall–Kier alpha value is -2.48. The van der Waals surface area contributed by atoms with Crippen LogP contribution in [0.4, 0.5) is 8.78 Å². The molecule has 134 valence electrons. The number of allylic oxidation sites excluding steroid dienone is 2. The van der Waals surface area contributed by atoms with Gasteiger partial charge in [0.05, 0.1) is 0 Å². The van der Waals surface area contributed by atoms with Crippen LogP contribution in [-0.4, -0.2) is 0 Å². The van der Waals surface area contributed by atoms with Crippen LogP contribution in [0.5, 0.6) is 0 Å². The van der Waals surface area contributed by atoms with Crippen LogP contribution in [-0.2, 0) is 12.8 Å². The van der Waals surface area contributed by atoms with Crippen molar-refractivity contribution >= 4 is 10.8 Å². The lowest BCUT2D eigenvalue weighted by molar-refractivity contribution is 0.519. The van der Waals surface area contributed by atoms with Crippen molar-refractivity contribution in [2.45, 2.75) is 39.5 Å². The van der Waals surface area contributed by atoms with Crippen molar-refractivity contribution in [1.29, 1.82) is 0 Å². The highest BCUT2D eigenvalue weighted by Gasteiger charge is 2.15. The van der Waals surface area contributed by atoms with E-state index in [2.05, 4.69) is 13.0 Å².